The number of hydrogen-bond donors (Lipinski definition) is 1. The van der Waals surface area contributed by atoms with E-state index in [1.807, 2.05) is 6.08 Å². The van der Waals surface area contributed by atoms with Crippen LogP contribution in [-0.4, -0.2) is 47.4 Å². The average molecular weight is 227 g/mol. The standard InChI is InChI=1S/C13H25NO2/c1-5-6-7-12(15)9-14-8-11(2)16-10-13(14,3)4/h5,11-12,15H,1,6-10H2,2-4H3. The summed E-state index contributed by atoms with van der Waals surface area (Å²) >= 11 is 0. The Bertz CT molecular complexity index is 228. The lowest BCUT2D eigenvalue weighted by Crippen LogP contribution is -2.57. The molecular formula is C13H25NO2. The first-order valence-electron chi connectivity index (χ1n) is 6.11. The lowest BCUT2D eigenvalue weighted by Gasteiger charge is -2.45. The number of aliphatic hydroxyl groups excluding tert-OH is 1. The van der Waals surface area contributed by atoms with Gasteiger partial charge in [-0.3, -0.25) is 4.90 Å². The highest BCUT2D eigenvalue weighted by Crippen LogP contribution is 2.22. The van der Waals surface area contributed by atoms with Gasteiger partial charge in [-0.2, -0.15) is 0 Å². The van der Waals surface area contributed by atoms with E-state index in [0.717, 1.165) is 32.5 Å². The molecule has 1 aliphatic heterocycles. The Morgan fingerprint density at radius 3 is 2.94 bits per heavy atom. The summed E-state index contributed by atoms with van der Waals surface area (Å²) in [7, 11) is 0. The number of hydrogen-bond acceptors (Lipinski definition) is 3. The van der Waals surface area contributed by atoms with Crippen LogP contribution < -0.4 is 0 Å². The van der Waals surface area contributed by atoms with E-state index in [0.29, 0.717) is 0 Å². The molecule has 1 rings (SSSR count). The summed E-state index contributed by atoms with van der Waals surface area (Å²) < 4.78 is 5.65. The van der Waals surface area contributed by atoms with Crippen LogP contribution in [0.3, 0.4) is 0 Å². The van der Waals surface area contributed by atoms with E-state index >= 15 is 0 Å². The topological polar surface area (TPSA) is 32.7 Å². The van der Waals surface area contributed by atoms with Gasteiger partial charge in [0, 0.05) is 18.6 Å². The zero-order valence-corrected chi connectivity index (χ0v) is 10.8. The molecule has 2 unspecified atom stereocenters. The van der Waals surface area contributed by atoms with Crippen molar-refractivity contribution in [3.8, 4) is 0 Å². The van der Waals surface area contributed by atoms with Crippen molar-refractivity contribution >= 4 is 0 Å². The van der Waals surface area contributed by atoms with Crippen molar-refractivity contribution in [1.29, 1.82) is 0 Å². The number of allylic oxidation sites excluding steroid dienone is 1. The lowest BCUT2D eigenvalue weighted by molar-refractivity contribution is -0.102. The Kier molecular flexibility index (Phi) is 4.96. The largest absolute Gasteiger partial charge is 0.392 e. The Balaban J connectivity index is 2.46. The van der Waals surface area contributed by atoms with Crippen LogP contribution in [0.1, 0.15) is 33.6 Å². The van der Waals surface area contributed by atoms with Gasteiger partial charge in [-0.1, -0.05) is 6.08 Å². The summed E-state index contributed by atoms with van der Waals surface area (Å²) in [5.74, 6) is 0. The van der Waals surface area contributed by atoms with Gasteiger partial charge in [-0.25, -0.2) is 0 Å². The maximum Gasteiger partial charge on any atom is 0.0675 e. The third-order valence-corrected chi connectivity index (χ3v) is 3.19. The zero-order chi connectivity index (χ0) is 12.2. The van der Waals surface area contributed by atoms with Crippen molar-refractivity contribution in [2.24, 2.45) is 0 Å². The monoisotopic (exact) mass is 227 g/mol. The molecule has 3 nitrogen and oxygen atoms in total. The normalized spacial score (nSPS) is 27.6. The van der Waals surface area contributed by atoms with Crippen LogP contribution in [0.25, 0.3) is 0 Å². The fourth-order valence-corrected chi connectivity index (χ4v) is 2.03. The van der Waals surface area contributed by atoms with Gasteiger partial charge in [0.25, 0.3) is 0 Å². The molecule has 0 aromatic heterocycles. The number of morpholine rings is 1. The average Bonchev–Trinajstić information content (AvgIpc) is 2.21. The van der Waals surface area contributed by atoms with Crippen LogP contribution in [0, 0.1) is 0 Å². The molecule has 0 bridgehead atoms. The summed E-state index contributed by atoms with van der Waals surface area (Å²) in [6, 6.07) is 0. The van der Waals surface area contributed by atoms with Gasteiger partial charge in [0.05, 0.1) is 18.8 Å². The van der Waals surface area contributed by atoms with Gasteiger partial charge in [-0.15, -0.1) is 6.58 Å². The molecule has 94 valence electrons. The molecule has 1 fully saturated rings. The van der Waals surface area contributed by atoms with E-state index in [1.54, 1.807) is 0 Å². The number of rotatable bonds is 5. The second kappa shape index (κ2) is 5.80. The van der Waals surface area contributed by atoms with Gasteiger partial charge in [0.1, 0.15) is 0 Å². The molecule has 1 N–H and O–H groups in total. The van der Waals surface area contributed by atoms with Crippen LogP contribution in [0.2, 0.25) is 0 Å². The van der Waals surface area contributed by atoms with Crippen LogP contribution in [0.5, 0.6) is 0 Å². The summed E-state index contributed by atoms with van der Waals surface area (Å²) in [5.41, 5.74) is 0.0294. The molecule has 1 aliphatic rings. The minimum Gasteiger partial charge on any atom is -0.392 e. The Hall–Kier alpha value is -0.380. The fourth-order valence-electron chi connectivity index (χ4n) is 2.03. The van der Waals surface area contributed by atoms with Crippen molar-refractivity contribution in [3.05, 3.63) is 12.7 Å². The van der Waals surface area contributed by atoms with Crippen molar-refractivity contribution in [3.63, 3.8) is 0 Å². The molecule has 0 aromatic carbocycles. The fraction of sp³-hybridized carbons (Fsp3) is 0.846. The van der Waals surface area contributed by atoms with Crippen LogP contribution in [0.4, 0.5) is 0 Å². The minimum absolute atomic E-state index is 0.0294. The zero-order valence-electron chi connectivity index (χ0n) is 10.8. The molecule has 1 saturated heterocycles. The summed E-state index contributed by atoms with van der Waals surface area (Å²) in [4.78, 5) is 2.33. The second-order valence-corrected chi connectivity index (χ2v) is 5.36. The predicted octanol–water partition coefficient (Wildman–Crippen LogP) is 1.81. The highest BCUT2D eigenvalue weighted by molar-refractivity contribution is 4.88. The third-order valence-electron chi connectivity index (χ3n) is 3.19. The Labute approximate surface area is 99.1 Å². The lowest BCUT2D eigenvalue weighted by atomic mass is 9.99. The first-order chi connectivity index (χ1) is 7.45. The molecule has 2 atom stereocenters. The molecular weight excluding hydrogens is 202 g/mol. The van der Waals surface area contributed by atoms with Crippen molar-refractivity contribution in [2.45, 2.75) is 51.4 Å². The predicted molar refractivity (Wildman–Crippen MR) is 66.5 cm³/mol. The van der Waals surface area contributed by atoms with Gasteiger partial charge in [0.15, 0.2) is 0 Å². The number of nitrogens with zero attached hydrogens (tertiary/aromatic N) is 1. The van der Waals surface area contributed by atoms with Gasteiger partial charge < -0.3 is 9.84 Å². The van der Waals surface area contributed by atoms with Crippen LogP contribution in [-0.2, 0) is 4.74 Å². The van der Waals surface area contributed by atoms with E-state index in [-0.39, 0.29) is 17.7 Å². The summed E-state index contributed by atoms with van der Waals surface area (Å²) in [6.45, 7) is 12.5. The number of β-amino-alcohol motifs (C(OH)–C–C–N with tert-alkyl or cyclic N) is 1. The molecule has 16 heavy (non-hydrogen) atoms. The number of aliphatic hydroxyl groups is 1. The quantitative estimate of drug-likeness (QED) is 0.727. The van der Waals surface area contributed by atoms with Crippen molar-refractivity contribution in [1.82, 2.24) is 4.90 Å². The molecule has 0 saturated carbocycles. The van der Waals surface area contributed by atoms with Crippen LogP contribution >= 0.6 is 0 Å². The molecule has 1 heterocycles. The SMILES string of the molecule is C=CCCC(O)CN1CC(C)OCC1(C)C. The molecule has 3 heteroatoms. The maximum absolute atomic E-state index is 9.92. The third kappa shape index (κ3) is 3.89. The van der Waals surface area contributed by atoms with E-state index < -0.39 is 0 Å². The molecule has 0 spiro atoms. The second-order valence-electron chi connectivity index (χ2n) is 5.36. The van der Waals surface area contributed by atoms with Gasteiger partial charge in [0.2, 0.25) is 0 Å². The maximum atomic E-state index is 9.92. The highest BCUT2D eigenvalue weighted by Gasteiger charge is 2.34. The van der Waals surface area contributed by atoms with Crippen LogP contribution in [0.15, 0.2) is 12.7 Å². The summed E-state index contributed by atoms with van der Waals surface area (Å²) in [6.07, 6.45) is 3.53. The highest BCUT2D eigenvalue weighted by atomic mass is 16.5. The number of ether oxygens (including phenoxy) is 1. The van der Waals surface area contributed by atoms with Gasteiger partial charge in [-0.05, 0) is 33.6 Å². The minimum atomic E-state index is -0.262. The first-order valence-corrected chi connectivity index (χ1v) is 6.11. The summed E-state index contributed by atoms with van der Waals surface area (Å²) in [5, 5.41) is 9.92. The smallest absolute Gasteiger partial charge is 0.0675 e. The van der Waals surface area contributed by atoms with E-state index in [4.69, 9.17) is 4.74 Å². The van der Waals surface area contributed by atoms with Crippen molar-refractivity contribution in [2.75, 3.05) is 19.7 Å². The molecule has 0 aliphatic carbocycles. The molecule has 0 aromatic rings. The Morgan fingerprint density at radius 2 is 2.31 bits per heavy atom. The van der Waals surface area contributed by atoms with E-state index in [2.05, 4.69) is 32.3 Å². The van der Waals surface area contributed by atoms with E-state index in [1.165, 1.54) is 0 Å². The first kappa shape index (κ1) is 13.7. The Morgan fingerprint density at radius 1 is 1.62 bits per heavy atom. The van der Waals surface area contributed by atoms with E-state index in [9.17, 15) is 5.11 Å². The molecule has 0 amide bonds. The van der Waals surface area contributed by atoms with Crippen molar-refractivity contribution < 1.29 is 9.84 Å². The van der Waals surface area contributed by atoms with Gasteiger partial charge >= 0.3 is 0 Å². The molecule has 0 radical (unpaired) electrons.